The fourth-order valence-electron chi connectivity index (χ4n) is 3.26. The van der Waals surface area contributed by atoms with E-state index < -0.39 is 0 Å². The Kier molecular flexibility index (Phi) is 4.46. The molecule has 0 aromatic carbocycles. The Morgan fingerprint density at radius 3 is 3.04 bits per heavy atom. The molecule has 1 aliphatic rings. The topological polar surface area (TPSA) is 60.3 Å². The first kappa shape index (κ1) is 16.8. The molecule has 0 fully saturated rings. The molecule has 4 rings (SSSR count). The van der Waals surface area contributed by atoms with Crippen molar-refractivity contribution in [2.75, 3.05) is 6.54 Å². The van der Waals surface area contributed by atoms with Crippen molar-refractivity contribution in [3.63, 3.8) is 0 Å². The quantitative estimate of drug-likeness (QED) is 0.710. The van der Waals surface area contributed by atoms with E-state index in [1.807, 2.05) is 52.5 Å². The summed E-state index contributed by atoms with van der Waals surface area (Å²) >= 11 is 1.54. The van der Waals surface area contributed by atoms with E-state index in [1.54, 1.807) is 17.5 Å². The van der Waals surface area contributed by atoms with Crippen LogP contribution in [0.3, 0.4) is 0 Å². The van der Waals surface area contributed by atoms with Gasteiger partial charge in [-0.2, -0.15) is 16.4 Å². The number of carbonyl (C=O) groups is 1. The molecule has 0 bridgehead atoms. The van der Waals surface area contributed by atoms with Crippen molar-refractivity contribution in [2.24, 2.45) is 7.05 Å². The van der Waals surface area contributed by atoms with Crippen molar-refractivity contribution >= 4 is 17.2 Å². The average molecular weight is 368 g/mol. The van der Waals surface area contributed by atoms with Gasteiger partial charge in [-0.1, -0.05) is 0 Å². The number of ether oxygens (including phenoxy) is 1. The molecule has 0 unspecified atom stereocenters. The van der Waals surface area contributed by atoms with Gasteiger partial charge in [0.15, 0.2) is 0 Å². The third-order valence-electron chi connectivity index (χ3n) is 4.63. The molecule has 26 heavy (non-hydrogen) atoms. The zero-order valence-corrected chi connectivity index (χ0v) is 15.6. The summed E-state index contributed by atoms with van der Waals surface area (Å²) in [6, 6.07) is 5.71. The smallest absolute Gasteiger partial charge is 0.255 e. The molecule has 3 aromatic heterocycles. The summed E-state index contributed by atoms with van der Waals surface area (Å²) in [5.41, 5.74) is 4.99. The molecule has 7 heteroatoms. The van der Waals surface area contributed by atoms with E-state index >= 15 is 0 Å². The second-order valence-electron chi connectivity index (χ2n) is 6.44. The van der Waals surface area contributed by atoms with Crippen molar-refractivity contribution < 1.29 is 9.53 Å². The summed E-state index contributed by atoms with van der Waals surface area (Å²) in [5, 5.41) is 8.44. The first-order valence-electron chi connectivity index (χ1n) is 8.52. The number of pyridine rings is 1. The predicted molar refractivity (Wildman–Crippen MR) is 99.3 cm³/mol. The SMILES string of the molecule is Cc1ccnc(OCc2nn(C)c3c2CN(C(=O)c2ccsc2)CC3)c1. The van der Waals surface area contributed by atoms with E-state index in [4.69, 9.17) is 4.74 Å². The highest BCUT2D eigenvalue weighted by molar-refractivity contribution is 7.08. The number of carbonyl (C=O) groups excluding carboxylic acids is 1. The van der Waals surface area contributed by atoms with Gasteiger partial charge < -0.3 is 9.64 Å². The molecular formula is C19H20N4O2S. The molecule has 0 radical (unpaired) electrons. The molecule has 3 aromatic rings. The maximum atomic E-state index is 12.7. The van der Waals surface area contributed by atoms with Gasteiger partial charge >= 0.3 is 0 Å². The van der Waals surface area contributed by atoms with Crippen LogP contribution in [0.25, 0.3) is 0 Å². The molecule has 0 atom stereocenters. The molecule has 0 N–H and O–H groups in total. The van der Waals surface area contributed by atoms with Crippen LogP contribution in [0, 0.1) is 6.92 Å². The van der Waals surface area contributed by atoms with E-state index in [9.17, 15) is 4.79 Å². The number of nitrogens with zero attached hydrogens (tertiary/aromatic N) is 4. The van der Waals surface area contributed by atoms with Gasteiger partial charge in [0.05, 0.1) is 5.56 Å². The minimum Gasteiger partial charge on any atom is -0.471 e. The van der Waals surface area contributed by atoms with Crippen LogP contribution in [0.15, 0.2) is 35.2 Å². The Hall–Kier alpha value is -2.67. The second-order valence-corrected chi connectivity index (χ2v) is 7.22. The molecule has 1 aliphatic heterocycles. The molecule has 6 nitrogen and oxygen atoms in total. The van der Waals surface area contributed by atoms with Crippen molar-refractivity contribution in [1.29, 1.82) is 0 Å². The third kappa shape index (κ3) is 3.22. The number of hydrogen-bond acceptors (Lipinski definition) is 5. The highest BCUT2D eigenvalue weighted by atomic mass is 32.1. The summed E-state index contributed by atoms with van der Waals surface area (Å²) in [4.78, 5) is 18.8. The molecule has 0 aliphatic carbocycles. The van der Waals surface area contributed by atoms with Crippen LogP contribution in [0.1, 0.15) is 32.9 Å². The molecule has 1 amide bonds. The first-order chi connectivity index (χ1) is 12.6. The first-order valence-corrected chi connectivity index (χ1v) is 9.46. The number of fused-ring (bicyclic) bond motifs is 1. The second kappa shape index (κ2) is 6.92. The van der Waals surface area contributed by atoms with Crippen LogP contribution in [0.5, 0.6) is 5.88 Å². The summed E-state index contributed by atoms with van der Waals surface area (Å²) in [5.74, 6) is 0.666. The number of thiophene rings is 1. The maximum Gasteiger partial charge on any atom is 0.255 e. The van der Waals surface area contributed by atoms with E-state index in [1.165, 1.54) is 5.69 Å². The van der Waals surface area contributed by atoms with Crippen LogP contribution in [0.4, 0.5) is 0 Å². The van der Waals surface area contributed by atoms with E-state index in [-0.39, 0.29) is 5.91 Å². The molecule has 0 saturated carbocycles. The minimum absolute atomic E-state index is 0.0768. The fourth-order valence-corrected chi connectivity index (χ4v) is 3.89. The van der Waals surface area contributed by atoms with Crippen LogP contribution < -0.4 is 4.74 Å². The van der Waals surface area contributed by atoms with Gasteiger partial charge in [-0.15, -0.1) is 0 Å². The number of rotatable bonds is 4. The Morgan fingerprint density at radius 1 is 1.38 bits per heavy atom. The Morgan fingerprint density at radius 2 is 2.27 bits per heavy atom. The zero-order valence-electron chi connectivity index (χ0n) is 14.8. The summed E-state index contributed by atoms with van der Waals surface area (Å²) in [7, 11) is 1.95. The van der Waals surface area contributed by atoms with Crippen molar-refractivity contribution in [1.82, 2.24) is 19.7 Å². The maximum absolute atomic E-state index is 12.7. The van der Waals surface area contributed by atoms with Crippen LogP contribution in [0.2, 0.25) is 0 Å². The Balaban J connectivity index is 1.53. The van der Waals surface area contributed by atoms with Gasteiger partial charge in [0.1, 0.15) is 12.3 Å². The molecule has 0 spiro atoms. The monoisotopic (exact) mass is 368 g/mol. The Bertz CT molecular complexity index is 933. The van der Waals surface area contributed by atoms with Crippen LogP contribution in [-0.4, -0.2) is 32.1 Å². The van der Waals surface area contributed by atoms with Gasteiger partial charge in [0, 0.05) is 55.5 Å². The van der Waals surface area contributed by atoms with Crippen molar-refractivity contribution in [3.05, 3.63) is 63.2 Å². The summed E-state index contributed by atoms with van der Waals surface area (Å²) in [6.45, 7) is 3.63. The molecule has 4 heterocycles. The van der Waals surface area contributed by atoms with Gasteiger partial charge in [-0.25, -0.2) is 4.98 Å². The zero-order chi connectivity index (χ0) is 18.1. The summed E-state index contributed by atoms with van der Waals surface area (Å²) in [6.07, 6.45) is 2.54. The van der Waals surface area contributed by atoms with Crippen LogP contribution in [-0.2, 0) is 26.6 Å². The van der Waals surface area contributed by atoms with E-state index in [0.717, 1.165) is 28.8 Å². The predicted octanol–water partition coefficient (Wildman–Crippen LogP) is 2.96. The number of aromatic nitrogens is 3. The lowest BCUT2D eigenvalue weighted by molar-refractivity contribution is 0.0733. The average Bonchev–Trinajstić information content (AvgIpc) is 3.28. The lowest BCUT2D eigenvalue weighted by atomic mass is 10.0. The van der Waals surface area contributed by atoms with Crippen LogP contribution >= 0.6 is 11.3 Å². The van der Waals surface area contributed by atoms with Gasteiger partial charge in [-0.3, -0.25) is 9.48 Å². The highest BCUT2D eigenvalue weighted by Gasteiger charge is 2.27. The fraction of sp³-hybridized carbons (Fsp3) is 0.316. The number of hydrogen-bond donors (Lipinski definition) is 0. The van der Waals surface area contributed by atoms with E-state index in [2.05, 4.69) is 10.1 Å². The lowest BCUT2D eigenvalue weighted by Gasteiger charge is -2.27. The number of amides is 1. The minimum atomic E-state index is 0.0768. The third-order valence-corrected chi connectivity index (χ3v) is 5.31. The summed E-state index contributed by atoms with van der Waals surface area (Å²) < 4.78 is 7.74. The standard InChI is InChI=1S/C19H20N4O2S/c1-13-3-6-20-18(9-13)25-11-16-15-10-23(7-4-17(15)22(2)21-16)19(24)14-5-8-26-12-14/h3,5-6,8-9,12H,4,7,10-11H2,1-2H3. The number of aryl methyl sites for hydroxylation is 2. The lowest BCUT2D eigenvalue weighted by Crippen LogP contribution is -2.36. The van der Waals surface area contributed by atoms with Crippen molar-refractivity contribution in [2.45, 2.75) is 26.5 Å². The molecule has 134 valence electrons. The highest BCUT2D eigenvalue weighted by Crippen LogP contribution is 2.25. The molecular weight excluding hydrogens is 348 g/mol. The Labute approximate surface area is 156 Å². The normalized spacial score (nSPS) is 13.5. The van der Waals surface area contributed by atoms with Gasteiger partial charge in [-0.05, 0) is 30.0 Å². The molecule has 0 saturated heterocycles. The van der Waals surface area contributed by atoms with E-state index in [0.29, 0.717) is 25.6 Å². The van der Waals surface area contributed by atoms with Gasteiger partial charge in [0.25, 0.3) is 5.91 Å². The van der Waals surface area contributed by atoms with Gasteiger partial charge in [0.2, 0.25) is 5.88 Å². The largest absolute Gasteiger partial charge is 0.471 e. The van der Waals surface area contributed by atoms with Crippen molar-refractivity contribution in [3.8, 4) is 5.88 Å².